The first kappa shape index (κ1) is 22.8. The quantitative estimate of drug-likeness (QED) is 0.243. The van der Waals surface area contributed by atoms with Gasteiger partial charge < -0.3 is 9.13 Å². The summed E-state index contributed by atoms with van der Waals surface area (Å²) in [6, 6.07) is 39.6. The molecule has 182 valence electrons. The lowest BCUT2D eigenvalue weighted by Gasteiger charge is -2.15. The summed E-state index contributed by atoms with van der Waals surface area (Å²) >= 11 is 0. The van der Waals surface area contributed by atoms with Crippen LogP contribution in [0.3, 0.4) is 0 Å². The van der Waals surface area contributed by atoms with Crippen molar-refractivity contribution < 1.29 is 0 Å². The molecule has 0 saturated carbocycles. The molecule has 40 heavy (non-hydrogen) atoms. The van der Waals surface area contributed by atoms with Gasteiger partial charge in [0.05, 0.1) is 62.1 Å². The van der Waals surface area contributed by atoms with Gasteiger partial charge in [-0.2, -0.15) is 21.0 Å². The highest BCUT2D eigenvalue weighted by Gasteiger charge is 2.24. The minimum atomic E-state index is 0.247. The van der Waals surface area contributed by atoms with E-state index in [1.807, 2.05) is 53.1 Å². The number of para-hydroxylation sites is 2. The molecule has 0 N–H and O–H groups in total. The van der Waals surface area contributed by atoms with Crippen molar-refractivity contribution >= 4 is 43.6 Å². The van der Waals surface area contributed by atoms with Gasteiger partial charge in [-0.1, -0.05) is 48.5 Å². The smallest absolute Gasteiger partial charge is 0.101 e. The monoisotopic (exact) mass is 508 g/mol. The Kier molecular flexibility index (Phi) is 4.91. The Balaban J connectivity index is 1.78. The second kappa shape index (κ2) is 8.61. The maximum absolute atomic E-state index is 10.2. The van der Waals surface area contributed by atoms with E-state index in [0.717, 1.165) is 49.3 Å². The normalized spacial score (nSPS) is 10.9. The summed E-state index contributed by atoms with van der Waals surface area (Å²) in [6.45, 7) is 0. The number of fused-ring (bicyclic) bond motifs is 7. The van der Waals surface area contributed by atoms with E-state index in [9.17, 15) is 21.0 Å². The second-order valence-corrected chi connectivity index (χ2v) is 9.48. The lowest BCUT2D eigenvalue weighted by atomic mass is 10.0. The molecule has 0 aliphatic rings. The van der Waals surface area contributed by atoms with Gasteiger partial charge in [0.15, 0.2) is 0 Å². The zero-order valence-electron chi connectivity index (χ0n) is 20.9. The van der Waals surface area contributed by atoms with E-state index in [0.29, 0.717) is 11.3 Å². The number of nitriles is 4. The van der Waals surface area contributed by atoms with Crippen LogP contribution in [-0.4, -0.2) is 9.13 Å². The van der Waals surface area contributed by atoms with Crippen LogP contribution >= 0.6 is 0 Å². The number of aromatic nitrogens is 2. The van der Waals surface area contributed by atoms with Crippen LogP contribution in [0.25, 0.3) is 55.0 Å². The predicted molar refractivity (Wildman–Crippen MR) is 154 cm³/mol. The van der Waals surface area contributed by atoms with Gasteiger partial charge >= 0.3 is 0 Å². The van der Waals surface area contributed by atoms with Gasteiger partial charge in [0, 0.05) is 27.2 Å². The molecule has 0 bridgehead atoms. The topological polar surface area (TPSA) is 105 Å². The van der Waals surface area contributed by atoms with Crippen molar-refractivity contribution in [3.8, 4) is 35.7 Å². The zero-order chi connectivity index (χ0) is 27.4. The van der Waals surface area contributed by atoms with Gasteiger partial charge in [-0.25, -0.2) is 0 Å². The number of hydrogen-bond acceptors (Lipinski definition) is 4. The molecule has 7 rings (SSSR count). The molecule has 6 nitrogen and oxygen atoms in total. The Hall–Kier alpha value is -6.34. The fourth-order valence-corrected chi connectivity index (χ4v) is 5.80. The third kappa shape index (κ3) is 3.06. The molecule has 2 heterocycles. The first-order valence-corrected chi connectivity index (χ1v) is 12.5. The third-order valence-corrected chi connectivity index (χ3v) is 7.43. The predicted octanol–water partition coefficient (Wildman–Crippen LogP) is 7.37. The summed E-state index contributed by atoms with van der Waals surface area (Å²) in [6.07, 6.45) is 0. The van der Waals surface area contributed by atoms with Crippen molar-refractivity contribution in [2.24, 2.45) is 0 Å². The number of hydrogen-bond donors (Lipinski definition) is 0. The molecule has 0 saturated heterocycles. The number of nitrogens with zero attached hydrogens (tertiary/aromatic N) is 6. The maximum atomic E-state index is 10.2. The third-order valence-electron chi connectivity index (χ3n) is 7.43. The van der Waals surface area contributed by atoms with Gasteiger partial charge in [0.1, 0.15) is 12.1 Å². The van der Waals surface area contributed by atoms with Gasteiger partial charge in [0.2, 0.25) is 0 Å². The largest absolute Gasteiger partial charge is 0.307 e. The van der Waals surface area contributed by atoms with Crippen LogP contribution in [0.2, 0.25) is 0 Å². The Bertz CT molecular complexity index is 2320. The lowest BCUT2D eigenvalue weighted by molar-refractivity contribution is 1.13. The van der Waals surface area contributed by atoms with Crippen molar-refractivity contribution in [1.82, 2.24) is 9.13 Å². The minimum absolute atomic E-state index is 0.247. The fourth-order valence-electron chi connectivity index (χ4n) is 5.80. The first-order chi connectivity index (χ1) is 19.7. The van der Waals surface area contributed by atoms with Crippen LogP contribution in [-0.2, 0) is 0 Å². The minimum Gasteiger partial charge on any atom is -0.307 e. The SMILES string of the molecule is N#Cc1ccc(-n2c3ccccc3c3ccc4c5ccccc5n(-c5c(C#N)cc(C#N)cc5C#N)c4c32)cc1. The molecule has 0 atom stereocenters. The fraction of sp³-hybridized carbons (Fsp3) is 0. The Morgan fingerprint density at radius 2 is 0.950 bits per heavy atom. The lowest BCUT2D eigenvalue weighted by Crippen LogP contribution is -2.04. The van der Waals surface area contributed by atoms with Crippen molar-refractivity contribution in [3.63, 3.8) is 0 Å². The molecule has 0 radical (unpaired) electrons. The van der Waals surface area contributed by atoms with E-state index in [1.54, 1.807) is 12.1 Å². The van der Waals surface area contributed by atoms with Crippen molar-refractivity contribution in [1.29, 1.82) is 21.0 Å². The summed E-state index contributed by atoms with van der Waals surface area (Å²) in [5.41, 5.74) is 6.25. The van der Waals surface area contributed by atoms with Crippen LogP contribution in [0, 0.1) is 45.3 Å². The number of benzene rings is 5. The average Bonchev–Trinajstić information content (AvgIpc) is 3.53. The van der Waals surface area contributed by atoms with Crippen molar-refractivity contribution in [2.45, 2.75) is 0 Å². The van der Waals surface area contributed by atoms with E-state index < -0.39 is 0 Å². The summed E-state index contributed by atoms with van der Waals surface area (Å²) in [4.78, 5) is 0. The van der Waals surface area contributed by atoms with Gasteiger partial charge in [-0.3, -0.25) is 0 Å². The molecule has 7 aromatic rings. The summed E-state index contributed by atoms with van der Waals surface area (Å²) in [5.74, 6) is 0. The van der Waals surface area contributed by atoms with Crippen molar-refractivity contribution in [2.75, 3.05) is 0 Å². The molecular weight excluding hydrogens is 492 g/mol. The highest BCUT2D eigenvalue weighted by Crippen LogP contribution is 2.42. The second-order valence-electron chi connectivity index (χ2n) is 9.48. The highest BCUT2D eigenvalue weighted by molar-refractivity contribution is 6.24. The summed E-state index contributed by atoms with van der Waals surface area (Å²) in [5, 5.41) is 43.4. The molecule has 0 aliphatic heterocycles. The van der Waals surface area contributed by atoms with Crippen LogP contribution in [0.1, 0.15) is 22.3 Å². The van der Waals surface area contributed by atoms with E-state index in [4.69, 9.17) is 0 Å². The van der Waals surface area contributed by atoms with E-state index in [1.165, 1.54) is 12.1 Å². The molecule has 0 unspecified atom stereocenters. The molecule has 0 amide bonds. The van der Waals surface area contributed by atoms with Crippen molar-refractivity contribution in [3.05, 3.63) is 119 Å². The molecule has 0 fully saturated rings. The van der Waals surface area contributed by atoms with E-state index >= 15 is 0 Å². The molecule has 2 aromatic heterocycles. The molecule has 0 aliphatic carbocycles. The number of rotatable bonds is 2. The van der Waals surface area contributed by atoms with E-state index in [-0.39, 0.29) is 16.7 Å². The Morgan fingerprint density at radius 3 is 1.48 bits per heavy atom. The van der Waals surface area contributed by atoms with Crippen LogP contribution in [0.15, 0.2) is 97.1 Å². The zero-order valence-corrected chi connectivity index (χ0v) is 20.9. The maximum Gasteiger partial charge on any atom is 0.101 e. The molecule has 6 heteroatoms. The van der Waals surface area contributed by atoms with Crippen LogP contribution < -0.4 is 0 Å². The van der Waals surface area contributed by atoms with Crippen LogP contribution in [0.5, 0.6) is 0 Å². The molecule has 0 spiro atoms. The van der Waals surface area contributed by atoms with Gasteiger partial charge in [-0.05, 0) is 48.5 Å². The van der Waals surface area contributed by atoms with Crippen LogP contribution in [0.4, 0.5) is 0 Å². The first-order valence-electron chi connectivity index (χ1n) is 12.5. The average molecular weight is 509 g/mol. The Morgan fingerprint density at radius 1 is 0.450 bits per heavy atom. The van der Waals surface area contributed by atoms with Gasteiger partial charge in [0.25, 0.3) is 0 Å². The summed E-state index contributed by atoms with van der Waals surface area (Å²) in [7, 11) is 0. The highest BCUT2D eigenvalue weighted by atomic mass is 15.0. The molecular formula is C34H16N6. The standard InChI is InChI=1S/C34H16N6/c35-17-21-9-11-25(12-10-21)39-30-7-3-1-5-26(30)28-13-14-29-27-6-2-4-8-31(27)40(34(29)33(28)39)32-23(19-37)15-22(18-36)16-24(32)20-38/h1-16H. The molecule has 5 aromatic carbocycles. The van der Waals surface area contributed by atoms with E-state index in [2.05, 4.69) is 53.1 Å². The Labute approximate surface area is 228 Å². The summed E-state index contributed by atoms with van der Waals surface area (Å²) < 4.78 is 4.16. The van der Waals surface area contributed by atoms with Gasteiger partial charge in [-0.15, -0.1) is 0 Å².